The first kappa shape index (κ1) is 18.2. The second kappa shape index (κ2) is 7.63. The zero-order valence-electron chi connectivity index (χ0n) is 13.3. The Morgan fingerprint density at radius 3 is 2.62 bits per heavy atom. The molecular weight excluding hydrogens is 350 g/mol. The number of sulfonamides is 1. The highest BCUT2D eigenvalue weighted by Gasteiger charge is 2.29. The van der Waals surface area contributed by atoms with E-state index in [4.69, 9.17) is 11.6 Å². The molecular formula is C16H18ClN3O3S. The molecule has 0 spiro atoms. The molecule has 1 heterocycles. The standard InChI is InChI=1S/C16H18ClN3O3S/c1-12(16(21)19-11-14-7-3-4-9-18-14)20(24(2,22)23)15-8-5-6-13(17)10-15/h3-10,12H,11H2,1-2H3,(H,19,21). The average molecular weight is 368 g/mol. The van der Waals surface area contributed by atoms with Crippen LogP contribution < -0.4 is 9.62 Å². The molecule has 1 unspecified atom stereocenters. The number of anilines is 1. The van der Waals surface area contributed by atoms with Crippen molar-refractivity contribution in [3.63, 3.8) is 0 Å². The molecule has 0 aliphatic rings. The van der Waals surface area contributed by atoms with Gasteiger partial charge >= 0.3 is 0 Å². The zero-order chi connectivity index (χ0) is 17.7. The summed E-state index contributed by atoms with van der Waals surface area (Å²) in [4.78, 5) is 16.5. The third kappa shape index (κ3) is 4.69. The van der Waals surface area contributed by atoms with E-state index in [-0.39, 0.29) is 6.54 Å². The highest BCUT2D eigenvalue weighted by Crippen LogP contribution is 2.24. The highest BCUT2D eigenvalue weighted by atomic mass is 35.5. The molecule has 0 aliphatic heterocycles. The largest absolute Gasteiger partial charge is 0.349 e. The predicted molar refractivity (Wildman–Crippen MR) is 94.3 cm³/mol. The van der Waals surface area contributed by atoms with Crippen LogP contribution in [0.5, 0.6) is 0 Å². The Morgan fingerprint density at radius 2 is 2.04 bits per heavy atom. The maximum Gasteiger partial charge on any atom is 0.243 e. The molecule has 1 amide bonds. The van der Waals surface area contributed by atoms with Crippen LogP contribution in [-0.4, -0.2) is 31.6 Å². The Kier molecular flexibility index (Phi) is 5.80. The molecule has 1 atom stereocenters. The van der Waals surface area contributed by atoms with Crippen LogP contribution in [-0.2, 0) is 21.4 Å². The number of hydrogen-bond acceptors (Lipinski definition) is 4. The number of rotatable bonds is 6. The summed E-state index contributed by atoms with van der Waals surface area (Å²) in [6.07, 6.45) is 2.68. The number of nitrogens with one attached hydrogen (secondary N) is 1. The third-order valence-corrected chi connectivity index (χ3v) is 4.80. The van der Waals surface area contributed by atoms with E-state index in [0.29, 0.717) is 16.4 Å². The topological polar surface area (TPSA) is 79.4 Å². The minimum atomic E-state index is -3.66. The molecule has 8 heteroatoms. The Bertz CT molecular complexity index is 812. The van der Waals surface area contributed by atoms with Crippen LogP contribution in [0, 0.1) is 0 Å². The van der Waals surface area contributed by atoms with Crippen molar-refractivity contribution in [2.24, 2.45) is 0 Å². The number of aromatic nitrogens is 1. The van der Waals surface area contributed by atoms with Crippen LogP contribution in [0.25, 0.3) is 0 Å². The second-order valence-electron chi connectivity index (χ2n) is 5.25. The normalized spacial score (nSPS) is 12.5. The van der Waals surface area contributed by atoms with Crippen molar-refractivity contribution in [1.29, 1.82) is 0 Å². The van der Waals surface area contributed by atoms with Gasteiger partial charge in [-0.3, -0.25) is 14.1 Å². The summed E-state index contributed by atoms with van der Waals surface area (Å²) in [5, 5.41) is 3.09. The van der Waals surface area contributed by atoms with Crippen LogP contribution >= 0.6 is 11.6 Å². The van der Waals surface area contributed by atoms with E-state index in [2.05, 4.69) is 10.3 Å². The number of nitrogens with zero attached hydrogens (tertiary/aromatic N) is 2. The first-order chi connectivity index (χ1) is 11.3. The number of pyridine rings is 1. The van der Waals surface area contributed by atoms with Crippen molar-refractivity contribution < 1.29 is 13.2 Å². The smallest absolute Gasteiger partial charge is 0.243 e. The van der Waals surface area contributed by atoms with Gasteiger partial charge in [-0.25, -0.2) is 8.42 Å². The van der Waals surface area contributed by atoms with Gasteiger partial charge in [0.2, 0.25) is 15.9 Å². The van der Waals surface area contributed by atoms with Gasteiger partial charge in [-0.2, -0.15) is 0 Å². The number of halogens is 1. The number of carbonyl (C=O) groups excluding carboxylic acids is 1. The van der Waals surface area contributed by atoms with Crippen molar-refractivity contribution >= 4 is 33.2 Å². The van der Waals surface area contributed by atoms with Gasteiger partial charge in [-0.1, -0.05) is 23.7 Å². The average Bonchev–Trinajstić information content (AvgIpc) is 2.52. The number of benzene rings is 1. The van der Waals surface area contributed by atoms with Gasteiger partial charge in [-0.05, 0) is 37.3 Å². The minimum Gasteiger partial charge on any atom is -0.349 e. The molecule has 0 saturated heterocycles. The lowest BCUT2D eigenvalue weighted by molar-refractivity contribution is -0.122. The Balaban J connectivity index is 2.19. The Hall–Kier alpha value is -2.12. The van der Waals surface area contributed by atoms with E-state index in [0.717, 1.165) is 10.6 Å². The molecule has 128 valence electrons. The first-order valence-electron chi connectivity index (χ1n) is 7.21. The van der Waals surface area contributed by atoms with Crippen LogP contribution in [0.1, 0.15) is 12.6 Å². The van der Waals surface area contributed by atoms with Crippen LogP contribution in [0.15, 0.2) is 48.7 Å². The maximum atomic E-state index is 12.4. The molecule has 0 fully saturated rings. The third-order valence-electron chi connectivity index (χ3n) is 3.32. The van der Waals surface area contributed by atoms with Crippen molar-refractivity contribution in [2.45, 2.75) is 19.5 Å². The minimum absolute atomic E-state index is 0.219. The lowest BCUT2D eigenvalue weighted by Gasteiger charge is -2.28. The van der Waals surface area contributed by atoms with Crippen molar-refractivity contribution in [3.8, 4) is 0 Å². The van der Waals surface area contributed by atoms with Gasteiger partial charge < -0.3 is 5.32 Å². The van der Waals surface area contributed by atoms with Crippen molar-refractivity contribution in [2.75, 3.05) is 10.6 Å². The van der Waals surface area contributed by atoms with E-state index >= 15 is 0 Å². The van der Waals surface area contributed by atoms with Crippen molar-refractivity contribution in [1.82, 2.24) is 10.3 Å². The SMILES string of the molecule is CC(C(=O)NCc1ccccn1)N(c1cccc(Cl)c1)S(C)(=O)=O. The van der Waals surface area contributed by atoms with E-state index in [1.54, 1.807) is 36.5 Å². The van der Waals surface area contributed by atoms with Crippen LogP contribution in [0.3, 0.4) is 0 Å². The molecule has 1 N–H and O–H groups in total. The summed E-state index contributed by atoms with van der Waals surface area (Å²) < 4.78 is 25.4. The molecule has 2 rings (SSSR count). The summed E-state index contributed by atoms with van der Waals surface area (Å²) in [5.74, 6) is -0.425. The first-order valence-corrected chi connectivity index (χ1v) is 9.44. The molecule has 6 nitrogen and oxygen atoms in total. The molecule has 24 heavy (non-hydrogen) atoms. The number of carbonyl (C=O) groups is 1. The van der Waals surface area contributed by atoms with E-state index < -0.39 is 22.0 Å². The lowest BCUT2D eigenvalue weighted by Crippen LogP contribution is -2.47. The number of hydrogen-bond donors (Lipinski definition) is 1. The highest BCUT2D eigenvalue weighted by molar-refractivity contribution is 7.92. The number of amides is 1. The van der Waals surface area contributed by atoms with Gasteiger partial charge in [0.25, 0.3) is 0 Å². The van der Waals surface area contributed by atoms with Gasteiger partial charge in [0.05, 0.1) is 24.2 Å². The molecule has 1 aromatic heterocycles. The monoisotopic (exact) mass is 367 g/mol. The molecule has 0 aliphatic carbocycles. The summed E-state index contributed by atoms with van der Waals surface area (Å²) in [6.45, 7) is 1.74. The fourth-order valence-electron chi connectivity index (χ4n) is 2.25. The quantitative estimate of drug-likeness (QED) is 0.848. The Labute approximate surface area is 146 Å². The molecule has 2 aromatic rings. The maximum absolute atomic E-state index is 12.4. The predicted octanol–water partition coefficient (Wildman–Crippen LogP) is 2.21. The fourth-order valence-corrected chi connectivity index (χ4v) is 3.60. The summed E-state index contributed by atoms with van der Waals surface area (Å²) in [6, 6.07) is 10.8. The zero-order valence-corrected chi connectivity index (χ0v) is 14.9. The van der Waals surface area contributed by atoms with Gasteiger partial charge in [0.15, 0.2) is 0 Å². The van der Waals surface area contributed by atoms with E-state index in [1.165, 1.54) is 13.0 Å². The van der Waals surface area contributed by atoms with Gasteiger partial charge in [-0.15, -0.1) is 0 Å². The van der Waals surface area contributed by atoms with E-state index in [9.17, 15) is 13.2 Å². The van der Waals surface area contributed by atoms with Gasteiger partial charge in [0.1, 0.15) is 6.04 Å². The lowest BCUT2D eigenvalue weighted by atomic mass is 10.2. The van der Waals surface area contributed by atoms with Crippen LogP contribution in [0.2, 0.25) is 5.02 Å². The van der Waals surface area contributed by atoms with E-state index in [1.807, 2.05) is 6.07 Å². The fraction of sp³-hybridized carbons (Fsp3) is 0.250. The molecule has 0 saturated carbocycles. The van der Waals surface area contributed by atoms with Crippen molar-refractivity contribution in [3.05, 3.63) is 59.4 Å². The molecule has 0 bridgehead atoms. The Morgan fingerprint density at radius 1 is 1.29 bits per heavy atom. The molecule has 0 radical (unpaired) electrons. The summed E-state index contributed by atoms with van der Waals surface area (Å²) in [7, 11) is -3.66. The van der Waals surface area contributed by atoms with Crippen LogP contribution in [0.4, 0.5) is 5.69 Å². The molecule has 1 aromatic carbocycles. The summed E-state index contributed by atoms with van der Waals surface area (Å²) in [5.41, 5.74) is 1.03. The van der Waals surface area contributed by atoms with Gasteiger partial charge in [0, 0.05) is 11.2 Å². The summed E-state index contributed by atoms with van der Waals surface area (Å²) >= 11 is 5.93. The second-order valence-corrected chi connectivity index (χ2v) is 7.55.